The highest BCUT2D eigenvalue weighted by Crippen LogP contribution is 2.19. The van der Waals surface area contributed by atoms with E-state index in [9.17, 15) is 9.59 Å². The second-order valence-electron chi connectivity index (χ2n) is 5.17. The van der Waals surface area contributed by atoms with E-state index in [1.54, 1.807) is 30.3 Å². The predicted molar refractivity (Wildman–Crippen MR) is 93.9 cm³/mol. The van der Waals surface area contributed by atoms with Gasteiger partial charge in [-0.05, 0) is 30.2 Å². The Morgan fingerprint density at radius 1 is 1.12 bits per heavy atom. The lowest BCUT2D eigenvalue weighted by atomic mass is 10.1. The summed E-state index contributed by atoms with van der Waals surface area (Å²) >= 11 is 6.09. The third-order valence-electron chi connectivity index (χ3n) is 3.57. The van der Waals surface area contributed by atoms with Gasteiger partial charge in [0.25, 0.3) is 5.91 Å². The molecular weight excluding hydrogens is 328 g/mol. The second-order valence-corrected chi connectivity index (χ2v) is 5.58. The van der Waals surface area contributed by atoms with Crippen LogP contribution in [0.1, 0.15) is 22.3 Å². The molecule has 0 atom stereocenters. The zero-order valence-electron chi connectivity index (χ0n) is 13.6. The van der Waals surface area contributed by atoms with E-state index in [1.165, 1.54) is 14.2 Å². The zero-order chi connectivity index (χ0) is 17.5. The van der Waals surface area contributed by atoms with Gasteiger partial charge < -0.3 is 5.32 Å². The zero-order valence-corrected chi connectivity index (χ0v) is 14.3. The summed E-state index contributed by atoms with van der Waals surface area (Å²) in [5.74, 6) is -0.519. The highest BCUT2D eigenvalue weighted by molar-refractivity contribution is 6.31. The van der Waals surface area contributed by atoms with Crippen molar-refractivity contribution < 1.29 is 14.4 Å². The van der Waals surface area contributed by atoms with Crippen molar-refractivity contribution >= 4 is 29.1 Å². The molecule has 2 aromatic carbocycles. The second kappa shape index (κ2) is 8.47. The molecule has 0 heterocycles. The number of carbonyl (C=O) groups is 2. The summed E-state index contributed by atoms with van der Waals surface area (Å²) in [6.45, 7) is 0. The average molecular weight is 347 g/mol. The Bertz CT molecular complexity index is 734. The average Bonchev–Trinajstić information content (AvgIpc) is 2.60. The molecule has 2 rings (SSSR count). The molecule has 0 spiro atoms. The molecule has 0 aromatic heterocycles. The van der Waals surface area contributed by atoms with Gasteiger partial charge in [0.15, 0.2) is 0 Å². The monoisotopic (exact) mass is 346 g/mol. The molecule has 0 aliphatic carbocycles. The number of rotatable bonds is 6. The Hall–Kier alpha value is -2.37. The topological polar surface area (TPSA) is 58.6 Å². The molecule has 0 aliphatic rings. The van der Waals surface area contributed by atoms with Crippen LogP contribution in [-0.4, -0.2) is 31.0 Å². The number of hydrogen-bond acceptors (Lipinski definition) is 3. The van der Waals surface area contributed by atoms with Gasteiger partial charge in [-0.2, -0.15) is 0 Å². The van der Waals surface area contributed by atoms with Crippen LogP contribution in [0.15, 0.2) is 48.5 Å². The molecule has 2 amide bonds. The molecule has 0 saturated heterocycles. The fourth-order valence-corrected chi connectivity index (χ4v) is 2.42. The van der Waals surface area contributed by atoms with Gasteiger partial charge in [0, 0.05) is 18.5 Å². The molecule has 0 radical (unpaired) electrons. The number of anilines is 1. The van der Waals surface area contributed by atoms with Crippen LogP contribution in [0, 0.1) is 0 Å². The smallest absolute Gasteiger partial charge is 0.279 e. The summed E-state index contributed by atoms with van der Waals surface area (Å²) in [6.07, 6.45) is 0.798. The first-order valence-corrected chi connectivity index (χ1v) is 7.85. The largest absolute Gasteiger partial charge is 0.325 e. The van der Waals surface area contributed by atoms with Crippen LogP contribution in [0.3, 0.4) is 0 Å². The SMILES string of the molecule is CON(C)C(=O)c1ccccc1NC(=O)CCc1ccccc1Cl. The van der Waals surface area contributed by atoms with Gasteiger partial charge in [-0.15, -0.1) is 0 Å². The number of halogens is 1. The minimum atomic E-state index is -0.334. The summed E-state index contributed by atoms with van der Waals surface area (Å²) in [5.41, 5.74) is 1.74. The van der Waals surface area contributed by atoms with Crippen LogP contribution in [-0.2, 0) is 16.1 Å². The molecule has 24 heavy (non-hydrogen) atoms. The van der Waals surface area contributed by atoms with Crippen LogP contribution in [0.4, 0.5) is 5.69 Å². The van der Waals surface area contributed by atoms with Crippen molar-refractivity contribution in [3.63, 3.8) is 0 Å². The highest BCUT2D eigenvalue weighted by Gasteiger charge is 2.16. The number of aryl methyl sites for hydroxylation is 1. The molecule has 0 fully saturated rings. The summed E-state index contributed by atoms with van der Waals surface area (Å²) in [5, 5.41) is 4.52. The molecule has 0 saturated carbocycles. The van der Waals surface area contributed by atoms with E-state index >= 15 is 0 Å². The van der Waals surface area contributed by atoms with Gasteiger partial charge in [0.05, 0.1) is 18.4 Å². The van der Waals surface area contributed by atoms with Crippen molar-refractivity contribution in [1.82, 2.24) is 5.06 Å². The molecule has 2 aromatic rings. The first-order valence-electron chi connectivity index (χ1n) is 7.47. The van der Waals surface area contributed by atoms with Gasteiger partial charge in [0.1, 0.15) is 0 Å². The van der Waals surface area contributed by atoms with Crippen molar-refractivity contribution in [1.29, 1.82) is 0 Å². The Balaban J connectivity index is 2.04. The molecule has 6 heteroatoms. The van der Waals surface area contributed by atoms with Crippen LogP contribution in [0.25, 0.3) is 0 Å². The third kappa shape index (κ3) is 4.57. The first-order chi connectivity index (χ1) is 11.5. The van der Waals surface area contributed by atoms with E-state index in [0.29, 0.717) is 22.7 Å². The van der Waals surface area contributed by atoms with Crippen LogP contribution in [0.2, 0.25) is 5.02 Å². The van der Waals surface area contributed by atoms with Crippen molar-refractivity contribution in [2.24, 2.45) is 0 Å². The van der Waals surface area contributed by atoms with Crippen molar-refractivity contribution in [2.75, 3.05) is 19.5 Å². The fourth-order valence-electron chi connectivity index (χ4n) is 2.19. The Labute approximate surface area is 146 Å². The Kier molecular flexibility index (Phi) is 6.35. The van der Waals surface area contributed by atoms with Crippen molar-refractivity contribution in [3.8, 4) is 0 Å². The minimum Gasteiger partial charge on any atom is -0.325 e. The third-order valence-corrected chi connectivity index (χ3v) is 3.94. The van der Waals surface area contributed by atoms with Crippen LogP contribution >= 0.6 is 11.6 Å². The van der Waals surface area contributed by atoms with Crippen molar-refractivity contribution in [2.45, 2.75) is 12.8 Å². The van der Waals surface area contributed by atoms with E-state index in [0.717, 1.165) is 10.6 Å². The number of amides is 2. The summed E-state index contributed by atoms with van der Waals surface area (Å²) in [4.78, 5) is 29.3. The number of hydrogen-bond donors (Lipinski definition) is 1. The molecule has 0 aliphatic heterocycles. The standard InChI is InChI=1S/C18H19ClN2O3/c1-21(24-2)18(23)14-8-4-6-10-16(14)20-17(22)12-11-13-7-3-5-9-15(13)19/h3-10H,11-12H2,1-2H3,(H,20,22). The number of carbonyl (C=O) groups excluding carboxylic acids is 2. The molecule has 1 N–H and O–H groups in total. The summed E-state index contributed by atoms with van der Waals surface area (Å²) < 4.78 is 0. The predicted octanol–water partition coefficient (Wildman–Crippen LogP) is 3.54. The number of nitrogens with one attached hydrogen (secondary N) is 1. The Morgan fingerprint density at radius 3 is 2.50 bits per heavy atom. The quantitative estimate of drug-likeness (QED) is 0.814. The normalized spacial score (nSPS) is 10.3. The summed E-state index contributed by atoms with van der Waals surface area (Å²) in [6, 6.07) is 14.2. The number of benzene rings is 2. The number of para-hydroxylation sites is 1. The molecular formula is C18H19ClN2O3. The van der Waals surface area contributed by atoms with E-state index < -0.39 is 0 Å². The van der Waals surface area contributed by atoms with Gasteiger partial charge in [-0.1, -0.05) is 41.9 Å². The highest BCUT2D eigenvalue weighted by atomic mass is 35.5. The number of hydroxylamine groups is 2. The van der Waals surface area contributed by atoms with E-state index in [4.69, 9.17) is 16.4 Å². The maximum atomic E-state index is 12.2. The van der Waals surface area contributed by atoms with Crippen LogP contribution in [0.5, 0.6) is 0 Å². The van der Waals surface area contributed by atoms with E-state index in [-0.39, 0.29) is 18.2 Å². The Morgan fingerprint density at radius 2 is 1.79 bits per heavy atom. The number of nitrogens with zero attached hydrogens (tertiary/aromatic N) is 1. The van der Waals surface area contributed by atoms with E-state index in [2.05, 4.69) is 5.32 Å². The van der Waals surface area contributed by atoms with Gasteiger partial charge in [-0.3, -0.25) is 14.4 Å². The summed E-state index contributed by atoms with van der Waals surface area (Å²) in [7, 11) is 2.92. The van der Waals surface area contributed by atoms with Gasteiger partial charge >= 0.3 is 0 Å². The fraction of sp³-hybridized carbons (Fsp3) is 0.222. The van der Waals surface area contributed by atoms with Crippen LogP contribution < -0.4 is 5.32 Å². The lowest BCUT2D eigenvalue weighted by Crippen LogP contribution is -2.27. The molecule has 0 bridgehead atoms. The first kappa shape index (κ1) is 18.0. The van der Waals surface area contributed by atoms with Crippen molar-refractivity contribution in [3.05, 3.63) is 64.7 Å². The van der Waals surface area contributed by atoms with E-state index in [1.807, 2.05) is 18.2 Å². The van der Waals surface area contributed by atoms with Gasteiger partial charge in [0.2, 0.25) is 5.91 Å². The lowest BCUT2D eigenvalue weighted by Gasteiger charge is -2.16. The maximum Gasteiger partial charge on any atom is 0.279 e. The van der Waals surface area contributed by atoms with Gasteiger partial charge in [-0.25, -0.2) is 5.06 Å². The molecule has 5 nitrogen and oxygen atoms in total. The molecule has 126 valence electrons. The maximum absolute atomic E-state index is 12.2. The molecule has 0 unspecified atom stereocenters. The minimum absolute atomic E-state index is 0.185. The lowest BCUT2D eigenvalue weighted by molar-refractivity contribution is -0.116.